The van der Waals surface area contributed by atoms with Gasteiger partial charge in [-0.05, 0) is 49.9 Å². The number of aliphatic hydroxyl groups is 1. The maximum absolute atomic E-state index is 10.4. The van der Waals surface area contributed by atoms with Crippen LogP contribution in [0, 0.1) is 6.92 Å². The summed E-state index contributed by atoms with van der Waals surface area (Å²) in [5.74, 6) is 0.646. The van der Waals surface area contributed by atoms with Crippen LogP contribution >= 0.6 is 11.6 Å². The number of ether oxygens (including phenoxy) is 1. The zero-order valence-corrected chi connectivity index (χ0v) is 11.8. The van der Waals surface area contributed by atoms with Crippen LogP contribution in [-0.2, 0) is 0 Å². The molecule has 4 heteroatoms. The maximum atomic E-state index is 10.4. The normalized spacial score (nSPS) is 18.5. The van der Waals surface area contributed by atoms with Crippen molar-refractivity contribution >= 4 is 11.6 Å². The van der Waals surface area contributed by atoms with E-state index in [9.17, 15) is 5.11 Å². The highest BCUT2D eigenvalue weighted by atomic mass is 35.5. The van der Waals surface area contributed by atoms with Crippen molar-refractivity contribution in [3.63, 3.8) is 0 Å². The van der Waals surface area contributed by atoms with Gasteiger partial charge in [0.05, 0.1) is 18.2 Å². The Morgan fingerprint density at radius 1 is 1.44 bits per heavy atom. The Labute approximate surface area is 113 Å². The van der Waals surface area contributed by atoms with Crippen molar-refractivity contribution in [2.45, 2.75) is 44.9 Å². The van der Waals surface area contributed by atoms with E-state index >= 15 is 0 Å². The lowest BCUT2D eigenvalue weighted by Crippen LogP contribution is -2.34. The molecule has 1 saturated carbocycles. The molecule has 100 valence electrons. The summed E-state index contributed by atoms with van der Waals surface area (Å²) in [6.45, 7) is 3.96. The van der Waals surface area contributed by atoms with Gasteiger partial charge in [-0.2, -0.15) is 0 Å². The van der Waals surface area contributed by atoms with Crippen LogP contribution in [0.4, 0.5) is 0 Å². The zero-order chi connectivity index (χ0) is 13.3. The predicted octanol–water partition coefficient (Wildman–Crippen LogP) is 2.83. The summed E-state index contributed by atoms with van der Waals surface area (Å²) in [6.07, 6.45) is 1.87. The third-order valence-corrected chi connectivity index (χ3v) is 3.70. The molecule has 2 atom stereocenters. The third-order valence-electron chi connectivity index (χ3n) is 3.41. The number of benzene rings is 1. The molecule has 3 nitrogen and oxygen atoms in total. The first-order valence-electron chi connectivity index (χ1n) is 6.31. The Kier molecular flexibility index (Phi) is 4.15. The SMILES string of the molecule is COc1cc(C)c(C(O)C(C)NC2CC2)cc1Cl. The summed E-state index contributed by atoms with van der Waals surface area (Å²) in [7, 11) is 1.59. The fraction of sp³-hybridized carbons (Fsp3) is 0.571. The second-order valence-electron chi connectivity index (χ2n) is 5.02. The van der Waals surface area contributed by atoms with E-state index in [1.807, 2.05) is 19.9 Å². The molecule has 2 rings (SSSR count). The zero-order valence-electron chi connectivity index (χ0n) is 11.0. The number of rotatable bonds is 5. The molecule has 0 saturated heterocycles. The van der Waals surface area contributed by atoms with E-state index in [4.69, 9.17) is 16.3 Å². The van der Waals surface area contributed by atoms with Gasteiger partial charge in [0.15, 0.2) is 0 Å². The summed E-state index contributed by atoms with van der Waals surface area (Å²) in [5, 5.41) is 14.3. The predicted molar refractivity (Wildman–Crippen MR) is 73.3 cm³/mol. The monoisotopic (exact) mass is 269 g/mol. The molecule has 0 bridgehead atoms. The Bertz CT molecular complexity index is 432. The summed E-state index contributed by atoms with van der Waals surface area (Å²) in [6, 6.07) is 4.26. The van der Waals surface area contributed by atoms with Gasteiger partial charge < -0.3 is 15.2 Å². The van der Waals surface area contributed by atoms with Crippen LogP contribution < -0.4 is 10.1 Å². The van der Waals surface area contributed by atoms with Crippen molar-refractivity contribution < 1.29 is 9.84 Å². The number of halogens is 1. The Morgan fingerprint density at radius 3 is 2.67 bits per heavy atom. The molecule has 1 aromatic rings. The highest BCUT2D eigenvalue weighted by Gasteiger charge is 2.27. The molecule has 1 aliphatic rings. The second-order valence-corrected chi connectivity index (χ2v) is 5.42. The minimum absolute atomic E-state index is 0.0284. The van der Waals surface area contributed by atoms with Crippen LogP contribution in [0.15, 0.2) is 12.1 Å². The Balaban J connectivity index is 2.17. The van der Waals surface area contributed by atoms with Crippen LogP contribution in [0.5, 0.6) is 5.75 Å². The molecular formula is C14H20ClNO2. The second kappa shape index (κ2) is 5.47. The minimum atomic E-state index is -0.547. The van der Waals surface area contributed by atoms with E-state index in [0.717, 1.165) is 11.1 Å². The first kappa shape index (κ1) is 13.7. The number of hydrogen-bond acceptors (Lipinski definition) is 3. The van der Waals surface area contributed by atoms with Crippen LogP contribution in [0.25, 0.3) is 0 Å². The number of hydrogen-bond donors (Lipinski definition) is 2. The lowest BCUT2D eigenvalue weighted by Gasteiger charge is -2.22. The van der Waals surface area contributed by atoms with Gasteiger partial charge in [0, 0.05) is 12.1 Å². The first-order valence-corrected chi connectivity index (χ1v) is 6.69. The molecule has 0 aliphatic heterocycles. The van der Waals surface area contributed by atoms with E-state index in [-0.39, 0.29) is 6.04 Å². The smallest absolute Gasteiger partial charge is 0.137 e. The van der Waals surface area contributed by atoms with Crippen molar-refractivity contribution in [2.75, 3.05) is 7.11 Å². The van der Waals surface area contributed by atoms with Gasteiger partial charge in [0.2, 0.25) is 0 Å². The van der Waals surface area contributed by atoms with Crippen molar-refractivity contribution in [1.29, 1.82) is 0 Å². The number of aryl methyl sites for hydroxylation is 1. The minimum Gasteiger partial charge on any atom is -0.495 e. The molecule has 18 heavy (non-hydrogen) atoms. The van der Waals surface area contributed by atoms with Gasteiger partial charge >= 0.3 is 0 Å². The Morgan fingerprint density at radius 2 is 2.11 bits per heavy atom. The largest absolute Gasteiger partial charge is 0.495 e. The molecule has 0 amide bonds. The van der Waals surface area contributed by atoms with Gasteiger partial charge in [-0.15, -0.1) is 0 Å². The van der Waals surface area contributed by atoms with E-state index in [2.05, 4.69) is 5.32 Å². The van der Waals surface area contributed by atoms with Gasteiger partial charge in [0.25, 0.3) is 0 Å². The lowest BCUT2D eigenvalue weighted by molar-refractivity contribution is 0.134. The number of nitrogens with one attached hydrogen (secondary N) is 1. The summed E-state index contributed by atoms with van der Waals surface area (Å²) < 4.78 is 5.17. The average Bonchev–Trinajstić information content (AvgIpc) is 3.14. The summed E-state index contributed by atoms with van der Waals surface area (Å²) in [4.78, 5) is 0. The van der Waals surface area contributed by atoms with Crippen LogP contribution in [-0.4, -0.2) is 24.3 Å². The quantitative estimate of drug-likeness (QED) is 0.864. The average molecular weight is 270 g/mol. The highest BCUT2D eigenvalue weighted by Crippen LogP contribution is 2.32. The molecule has 0 radical (unpaired) electrons. The first-order chi connectivity index (χ1) is 8.52. The Hall–Kier alpha value is -0.770. The third kappa shape index (κ3) is 2.97. The highest BCUT2D eigenvalue weighted by molar-refractivity contribution is 6.32. The van der Waals surface area contributed by atoms with E-state index < -0.39 is 6.10 Å². The summed E-state index contributed by atoms with van der Waals surface area (Å²) >= 11 is 6.11. The summed E-state index contributed by atoms with van der Waals surface area (Å²) in [5.41, 5.74) is 1.86. The van der Waals surface area contributed by atoms with Gasteiger partial charge in [-0.3, -0.25) is 0 Å². The molecule has 2 N–H and O–H groups in total. The molecule has 0 heterocycles. The molecule has 2 unspecified atom stereocenters. The molecule has 1 fully saturated rings. The van der Waals surface area contributed by atoms with Gasteiger partial charge in [0.1, 0.15) is 5.75 Å². The van der Waals surface area contributed by atoms with E-state index in [1.54, 1.807) is 13.2 Å². The van der Waals surface area contributed by atoms with Crippen molar-refractivity contribution in [2.24, 2.45) is 0 Å². The number of aliphatic hydroxyl groups excluding tert-OH is 1. The number of methoxy groups -OCH3 is 1. The fourth-order valence-electron chi connectivity index (χ4n) is 2.13. The van der Waals surface area contributed by atoms with Crippen LogP contribution in [0.2, 0.25) is 5.02 Å². The molecular weight excluding hydrogens is 250 g/mol. The van der Waals surface area contributed by atoms with Crippen LogP contribution in [0.1, 0.15) is 37.0 Å². The standard InChI is InChI=1S/C14H20ClNO2/c1-8-6-13(18-3)12(15)7-11(8)14(17)9(2)16-10-4-5-10/h6-7,9-10,14,16-17H,4-5H2,1-3H3. The van der Waals surface area contributed by atoms with Crippen LogP contribution in [0.3, 0.4) is 0 Å². The molecule has 1 aromatic carbocycles. The van der Waals surface area contributed by atoms with Crippen molar-refractivity contribution in [3.05, 3.63) is 28.3 Å². The lowest BCUT2D eigenvalue weighted by atomic mass is 9.98. The van der Waals surface area contributed by atoms with Crippen molar-refractivity contribution in [3.8, 4) is 5.75 Å². The van der Waals surface area contributed by atoms with Crippen molar-refractivity contribution in [1.82, 2.24) is 5.32 Å². The fourth-order valence-corrected chi connectivity index (χ4v) is 2.38. The molecule has 0 aromatic heterocycles. The van der Waals surface area contributed by atoms with E-state index in [0.29, 0.717) is 16.8 Å². The topological polar surface area (TPSA) is 41.5 Å². The molecule has 0 spiro atoms. The van der Waals surface area contributed by atoms with Gasteiger partial charge in [-0.1, -0.05) is 11.6 Å². The van der Waals surface area contributed by atoms with E-state index in [1.165, 1.54) is 12.8 Å². The van der Waals surface area contributed by atoms with Gasteiger partial charge in [-0.25, -0.2) is 0 Å². The maximum Gasteiger partial charge on any atom is 0.137 e. The molecule has 1 aliphatic carbocycles.